The Morgan fingerprint density at radius 1 is 1.14 bits per heavy atom. The van der Waals surface area contributed by atoms with E-state index < -0.39 is 0 Å². The molecule has 22 heavy (non-hydrogen) atoms. The average molecular weight is 294 g/mol. The number of H-pyrrole nitrogens is 1. The van der Waals surface area contributed by atoms with Gasteiger partial charge in [0.15, 0.2) is 0 Å². The van der Waals surface area contributed by atoms with Crippen LogP contribution in [0.4, 0.5) is 0 Å². The zero-order valence-corrected chi connectivity index (χ0v) is 12.3. The van der Waals surface area contributed by atoms with Gasteiger partial charge in [-0.25, -0.2) is 9.78 Å². The first-order valence-electron chi connectivity index (χ1n) is 7.89. The first-order chi connectivity index (χ1) is 10.8. The Morgan fingerprint density at radius 3 is 2.86 bits per heavy atom. The van der Waals surface area contributed by atoms with E-state index in [0.717, 1.165) is 47.6 Å². The fourth-order valence-electron chi connectivity index (χ4n) is 3.35. The molecule has 1 aromatic carbocycles. The van der Waals surface area contributed by atoms with Gasteiger partial charge in [0, 0.05) is 22.5 Å². The van der Waals surface area contributed by atoms with Crippen molar-refractivity contribution in [1.29, 1.82) is 0 Å². The molecule has 1 aliphatic carbocycles. The Kier molecular flexibility index (Phi) is 3.29. The highest BCUT2D eigenvalue weighted by molar-refractivity contribution is 6.15. The second kappa shape index (κ2) is 5.44. The molecule has 0 radical (unpaired) electrons. The summed E-state index contributed by atoms with van der Waals surface area (Å²) in [7, 11) is 0. The van der Waals surface area contributed by atoms with Crippen LogP contribution in [0.3, 0.4) is 0 Å². The first-order valence-corrected chi connectivity index (χ1v) is 7.89. The summed E-state index contributed by atoms with van der Waals surface area (Å²) in [5, 5.41) is 1.88. The lowest BCUT2D eigenvalue weighted by Crippen LogP contribution is -2.21. The van der Waals surface area contributed by atoms with Crippen molar-refractivity contribution >= 4 is 27.9 Å². The van der Waals surface area contributed by atoms with E-state index in [2.05, 4.69) is 9.97 Å². The van der Waals surface area contributed by atoms with Gasteiger partial charge >= 0.3 is 5.97 Å². The van der Waals surface area contributed by atoms with Gasteiger partial charge in [-0.2, -0.15) is 0 Å². The minimum Gasteiger partial charge on any atom is -0.459 e. The van der Waals surface area contributed by atoms with Crippen molar-refractivity contribution in [2.75, 3.05) is 0 Å². The van der Waals surface area contributed by atoms with Crippen LogP contribution in [-0.2, 0) is 4.74 Å². The third-order valence-electron chi connectivity index (χ3n) is 4.44. The van der Waals surface area contributed by atoms with Crippen LogP contribution in [0.15, 0.2) is 36.5 Å². The summed E-state index contributed by atoms with van der Waals surface area (Å²) in [6, 6.07) is 9.56. The maximum Gasteiger partial charge on any atom is 0.339 e. The number of carbonyl (C=O) groups excluding carboxylic acids is 1. The Hall–Kier alpha value is -2.36. The van der Waals surface area contributed by atoms with Crippen LogP contribution in [0.2, 0.25) is 0 Å². The second-order valence-electron chi connectivity index (χ2n) is 5.92. The van der Waals surface area contributed by atoms with Crippen molar-refractivity contribution in [1.82, 2.24) is 9.97 Å². The van der Waals surface area contributed by atoms with E-state index in [1.807, 2.05) is 30.3 Å². The highest BCUT2D eigenvalue weighted by Crippen LogP contribution is 2.29. The van der Waals surface area contributed by atoms with Crippen molar-refractivity contribution in [3.8, 4) is 0 Å². The van der Waals surface area contributed by atoms with Gasteiger partial charge in [-0.15, -0.1) is 0 Å². The molecule has 0 saturated heterocycles. The number of fused-ring (bicyclic) bond motifs is 3. The number of nitrogens with zero attached hydrogens (tertiary/aromatic N) is 1. The van der Waals surface area contributed by atoms with E-state index in [9.17, 15) is 4.79 Å². The standard InChI is InChI=1S/C18H18N2O2/c21-18(22-12-6-2-1-3-7-12)14-8-4-10-15-16(14)13-9-5-11-19-17(13)20-15/h4-5,8-12H,1-3,6-7H2,(H,19,20). The average Bonchev–Trinajstić information content (AvgIpc) is 2.94. The van der Waals surface area contributed by atoms with Crippen LogP contribution >= 0.6 is 0 Å². The van der Waals surface area contributed by atoms with Crippen LogP contribution in [-0.4, -0.2) is 22.0 Å². The number of aromatic nitrogens is 2. The monoisotopic (exact) mass is 294 g/mol. The van der Waals surface area contributed by atoms with Crippen molar-refractivity contribution in [2.45, 2.75) is 38.2 Å². The number of pyridine rings is 1. The molecule has 0 spiro atoms. The summed E-state index contributed by atoms with van der Waals surface area (Å²) in [4.78, 5) is 20.2. The summed E-state index contributed by atoms with van der Waals surface area (Å²) in [5.74, 6) is -0.220. The fourth-order valence-corrected chi connectivity index (χ4v) is 3.35. The zero-order chi connectivity index (χ0) is 14.9. The Labute approximate surface area is 128 Å². The number of aromatic amines is 1. The molecule has 0 atom stereocenters. The summed E-state index contributed by atoms with van der Waals surface area (Å²) >= 11 is 0. The Balaban J connectivity index is 1.75. The van der Waals surface area contributed by atoms with Crippen molar-refractivity contribution in [2.24, 2.45) is 0 Å². The Bertz CT molecular complexity index is 831. The number of carbonyl (C=O) groups is 1. The maximum atomic E-state index is 12.6. The first kappa shape index (κ1) is 13.3. The minimum atomic E-state index is -0.220. The highest BCUT2D eigenvalue weighted by Gasteiger charge is 2.21. The molecule has 2 aromatic heterocycles. The molecule has 4 nitrogen and oxygen atoms in total. The number of ether oxygens (including phenoxy) is 1. The molecule has 112 valence electrons. The third kappa shape index (κ3) is 2.25. The van der Waals surface area contributed by atoms with Gasteiger partial charge in [0.05, 0.1) is 5.56 Å². The SMILES string of the molecule is O=C(OC1CCCCC1)c1cccc2[nH]c3ncccc3c12. The molecule has 3 aromatic rings. The number of hydrogen-bond acceptors (Lipinski definition) is 3. The van der Waals surface area contributed by atoms with Crippen molar-refractivity contribution < 1.29 is 9.53 Å². The fraction of sp³-hybridized carbons (Fsp3) is 0.333. The van der Waals surface area contributed by atoms with E-state index >= 15 is 0 Å². The van der Waals surface area contributed by atoms with Crippen LogP contribution in [0.1, 0.15) is 42.5 Å². The predicted molar refractivity (Wildman–Crippen MR) is 85.9 cm³/mol. The van der Waals surface area contributed by atoms with Gasteiger partial charge in [0.2, 0.25) is 0 Å². The summed E-state index contributed by atoms with van der Waals surface area (Å²) in [6.07, 6.45) is 7.34. The van der Waals surface area contributed by atoms with Crippen molar-refractivity contribution in [3.63, 3.8) is 0 Å². The lowest BCUT2D eigenvalue weighted by atomic mass is 9.97. The number of esters is 1. The van der Waals surface area contributed by atoms with E-state index in [0.29, 0.717) is 5.56 Å². The largest absolute Gasteiger partial charge is 0.459 e. The summed E-state index contributed by atoms with van der Waals surface area (Å²) in [6.45, 7) is 0. The van der Waals surface area contributed by atoms with Crippen LogP contribution in [0.25, 0.3) is 21.9 Å². The minimum absolute atomic E-state index is 0.0693. The van der Waals surface area contributed by atoms with E-state index in [-0.39, 0.29) is 12.1 Å². The molecule has 1 N–H and O–H groups in total. The summed E-state index contributed by atoms with van der Waals surface area (Å²) < 4.78 is 5.73. The topological polar surface area (TPSA) is 55.0 Å². The third-order valence-corrected chi connectivity index (χ3v) is 4.44. The van der Waals surface area contributed by atoms with Crippen LogP contribution < -0.4 is 0 Å². The smallest absolute Gasteiger partial charge is 0.339 e. The Morgan fingerprint density at radius 2 is 2.00 bits per heavy atom. The van der Waals surface area contributed by atoms with E-state index in [1.165, 1.54) is 6.42 Å². The molecule has 0 unspecified atom stereocenters. The second-order valence-corrected chi connectivity index (χ2v) is 5.92. The van der Waals surface area contributed by atoms with Gasteiger partial charge in [-0.05, 0) is 49.9 Å². The summed E-state index contributed by atoms with van der Waals surface area (Å²) in [5.41, 5.74) is 2.35. The van der Waals surface area contributed by atoms with Gasteiger partial charge in [-0.1, -0.05) is 12.5 Å². The van der Waals surface area contributed by atoms with Crippen molar-refractivity contribution in [3.05, 3.63) is 42.1 Å². The molecule has 0 aliphatic heterocycles. The van der Waals surface area contributed by atoms with Crippen LogP contribution in [0.5, 0.6) is 0 Å². The predicted octanol–water partition coefficient (Wildman–Crippen LogP) is 4.21. The molecule has 1 saturated carbocycles. The molecule has 1 fully saturated rings. The molecular weight excluding hydrogens is 276 g/mol. The molecular formula is C18H18N2O2. The molecule has 4 heteroatoms. The lowest BCUT2D eigenvalue weighted by molar-refractivity contribution is 0.0213. The quantitative estimate of drug-likeness (QED) is 0.720. The van der Waals surface area contributed by atoms with Crippen LogP contribution in [0, 0.1) is 0 Å². The van der Waals surface area contributed by atoms with Gasteiger partial charge in [-0.3, -0.25) is 0 Å². The van der Waals surface area contributed by atoms with Gasteiger partial charge in [0.25, 0.3) is 0 Å². The molecule has 1 aliphatic rings. The highest BCUT2D eigenvalue weighted by atomic mass is 16.5. The molecule has 0 amide bonds. The van der Waals surface area contributed by atoms with E-state index in [1.54, 1.807) is 6.20 Å². The lowest BCUT2D eigenvalue weighted by Gasteiger charge is -2.22. The maximum absolute atomic E-state index is 12.6. The number of benzene rings is 1. The normalized spacial score (nSPS) is 16.2. The molecule has 0 bridgehead atoms. The molecule has 4 rings (SSSR count). The zero-order valence-electron chi connectivity index (χ0n) is 12.3. The number of rotatable bonds is 2. The van der Waals surface area contributed by atoms with Gasteiger partial charge in [0.1, 0.15) is 11.8 Å². The van der Waals surface area contributed by atoms with E-state index in [4.69, 9.17) is 4.74 Å². The number of hydrogen-bond donors (Lipinski definition) is 1. The van der Waals surface area contributed by atoms with Gasteiger partial charge < -0.3 is 9.72 Å². The molecule has 2 heterocycles. The number of nitrogens with one attached hydrogen (secondary N) is 1.